The Balaban J connectivity index is 2.52. The van der Waals surface area contributed by atoms with Crippen molar-refractivity contribution in [2.75, 3.05) is 14.2 Å². The Morgan fingerprint density at radius 2 is 1.64 bits per heavy atom. The molecule has 0 amide bonds. The second-order valence-corrected chi connectivity index (χ2v) is 4.35. The number of aromatic nitrogens is 1. The van der Waals surface area contributed by atoms with Gasteiger partial charge in [0.1, 0.15) is 0 Å². The average Bonchev–Trinajstić information content (AvgIpc) is 2.59. The number of rotatable bonds is 4. The lowest BCUT2D eigenvalue weighted by atomic mass is 10.0. The summed E-state index contributed by atoms with van der Waals surface area (Å²) in [5, 5.41) is 0. The van der Waals surface area contributed by atoms with Gasteiger partial charge in [-0.05, 0) is 11.6 Å². The summed E-state index contributed by atoms with van der Waals surface area (Å²) in [5.74, 6) is -1.15. The van der Waals surface area contributed by atoms with Gasteiger partial charge in [-0.3, -0.25) is 0 Å². The van der Waals surface area contributed by atoms with Crippen molar-refractivity contribution in [3.8, 4) is 0 Å². The second kappa shape index (κ2) is 7.17. The third-order valence-corrected chi connectivity index (χ3v) is 3.02. The molecular weight excluding hydrogens is 282 g/mol. The Labute approximate surface area is 128 Å². The van der Waals surface area contributed by atoms with Gasteiger partial charge in [0.25, 0.3) is 0 Å². The first-order chi connectivity index (χ1) is 10.7. The van der Waals surface area contributed by atoms with E-state index in [1.807, 2.05) is 30.3 Å². The quantitative estimate of drug-likeness (QED) is 0.812. The maximum atomic E-state index is 11.9. The highest BCUT2D eigenvalue weighted by Gasteiger charge is 2.19. The zero-order valence-electron chi connectivity index (χ0n) is 12.3. The molecule has 2 rings (SSSR count). The monoisotopic (exact) mass is 297 g/mol. The molecule has 0 aliphatic rings. The van der Waals surface area contributed by atoms with E-state index in [1.165, 1.54) is 26.5 Å². The molecule has 0 unspecified atom stereocenters. The number of ether oxygens (including phenoxy) is 2. The molecule has 1 heterocycles. The first-order valence-corrected chi connectivity index (χ1v) is 6.56. The highest BCUT2D eigenvalue weighted by Crippen LogP contribution is 2.18. The van der Waals surface area contributed by atoms with Crippen molar-refractivity contribution in [3.63, 3.8) is 0 Å². The minimum Gasteiger partial charge on any atom is -0.465 e. The van der Waals surface area contributed by atoms with E-state index in [2.05, 4.69) is 4.98 Å². The number of nitrogens with zero attached hydrogens (tertiary/aromatic N) is 1. The molecule has 5 nitrogen and oxygen atoms in total. The number of methoxy groups -OCH3 is 2. The van der Waals surface area contributed by atoms with Crippen LogP contribution in [0.4, 0.5) is 0 Å². The van der Waals surface area contributed by atoms with Crippen LogP contribution in [0.15, 0.2) is 42.6 Å². The normalized spacial score (nSPS) is 10.5. The molecular formula is C17H15NO4. The van der Waals surface area contributed by atoms with Gasteiger partial charge in [0.2, 0.25) is 0 Å². The van der Waals surface area contributed by atoms with E-state index < -0.39 is 11.9 Å². The SMILES string of the molecule is COC(=O)c1ccnc(C(=O)OC)c1C=Cc1ccccc1. The minimum absolute atomic E-state index is 0.0672. The van der Waals surface area contributed by atoms with Crippen molar-refractivity contribution in [1.82, 2.24) is 4.98 Å². The lowest BCUT2D eigenvalue weighted by Gasteiger charge is -2.08. The third kappa shape index (κ3) is 3.38. The van der Waals surface area contributed by atoms with Crippen LogP contribution in [0.25, 0.3) is 12.2 Å². The molecule has 112 valence electrons. The minimum atomic E-state index is -0.613. The van der Waals surface area contributed by atoms with Gasteiger partial charge in [-0.15, -0.1) is 0 Å². The van der Waals surface area contributed by atoms with E-state index >= 15 is 0 Å². The molecule has 0 N–H and O–H groups in total. The summed E-state index contributed by atoms with van der Waals surface area (Å²) in [6.45, 7) is 0. The van der Waals surface area contributed by atoms with Crippen LogP contribution in [0, 0.1) is 0 Å². The lowest BCUT2D eigenvalue weighted by molar-refractivity contribution is 0.0593. The van der Waals surface area contributed by atoms with Crippen LogP contribution in [-0.2, 0) is 9.47 Å². The van der Waals surface area contributed by atoms with E-state index in [9.17, 15) is 9.59 Å². The molecule has 5 heteroatoms. The fourth-order valence-electron chi connectivity index (χ4n) is 1.93. The van der Waals surface area contributed by atoms with E-state index in [0.29, 0.717) is 5.56 Å². The largest absolute Gasteiger partial charge is 0.465 e. The molecule has 0 fully saturated rings. The van der Waals surface area contributed by atoms with Crippen molar-refractivity contribution in [3.05, 3.63) is 65.0 Å². The predicted molar refractivity (Wildman–Crippen MR) is 82.3 cm³/mol. The molecule has 1 aromatic carbocycles. The molecule has 0 saturated carbocycles. The van der Waals surface area contributed by atoms with E-state index in [0.717, 1.165) is 5.56 Å². The summed E-state index contributed by atoms with van der Waals surface area (Å²) in [6.07, 6.45) is 4.81. The van der Waals surface area contributed by atoms with Gasteiger partial charge < -0.3 is 9.47 Å². The van der Waals surface area contributed by atoms with Gasteiger partial charge >= 0.3 is 11.9 Å². The van der Waals surface area contributed by atoms with Crippen LogP contribution < -0.4 is 0 Å². The van der Waals surface area contributed by atoms with Crippen LogP contribution in [0.2, 0.25) is 0 Å². The van der Waals surface area contributed by atoms with E-state index in [-0.39, 0.29) is 11.3 Å². The summed E-state index contributed by atoms with van der Waals surface area (Å²) < 4.78 is 9.45. The molecule has 0 saturated heterocycles. The van der Waals surface area contributed by atoms with Crippen molar-refractivity contribution in [2.45, 2.75) is 0 Å². The molecule has 0 spiro atoms. The molecule has 0 atom stereocenters. The molecule has 2 aromatic rings. The zero-order chi connectivity index (χ0) is 15.9. The average molecular weight is 297 g/mol. The first-order valence-electron chi connectivity index (χ1n) is 6.56. The highest BCUT2D eigenvalue weighted by molar-refractivity contribution is 6.01. The van der Waals surface area contributed by atoms with Gasteiger partial charge in [-0.25, -0.2) is 14.6 Å². The number of pyridine rings is 1. The Bertz CT molecular complexity index is 674. The van der Waals surface area contributed by atoms with Crippen molar-refractivity contribution < 1.29 is 19.1 Å². The van der Waals surface area contributed by atoms with Gasteiger partial charge in [0.15, 0.2) is 5.69 Å². The number of hydrogen-bond donors (Lipinski definition) is 0. The molecule has 1 aromatic heterocycles. The Hall–Kier alpha value is -2.95. The maximum Gasteiger partial charge on any atom is 0.357 e. The van der Waals surface area contributed by atoms with Crippen molar-refractivity contribution in [2.24, 2.45) is 0 Å². The summed E-state index contributed by atoms with van der Waals surface area (Å²) in [7, 11) is 2.55. The third-order valence-electron chi connectivity index (χ3n) is 3.02. The second-order valence-electron chi connectivity index (χ2n) is 4.35. The Kier molecular flexibility index (Phi) is 5.03. The molecule has 0 aliphatic carbocycles. The van der Waals surface area contributed by atoms with Crippen molar-refractivity contribution >= 4 is 24.1 Å². The van der Waals surface area contributed by atoms with Gasteiger partial charge in [0.05, 0.1) is 19.8 Å². The fourth-order valence-corrected chi connectivity index (χ4v) is 1.93. The predicted octanol–water partition coefficient (Wildman–Crippen LogP) is 2.83. The number of benzene rings is 1. The van der Waals surface area contributed by atoms with Gasteiger partial charge in [-0.2, -0.15) is 0 Å². The van der Waals surface area contributed by atoms with Crippen LogP contribution in [0.5, 0.6) is 0 Å². The molecule has 0 bridgehead atoms. The number of esters is 2. The van der Waals surface area contributed by atoms with E-state index in [4.69, 9.17) is 9.47 Å². The molecule has 0 radical (unpaired) electrons. The zero-order valence-corrected chi connectivity index (χ0v) is 12.3. The van der Waals surface area contributed by atoms with Gasteiger partial charge in [0, 0.05) is 11.8 Å². The number of hydrogen-bond acceptors (Lipinski definition) is 5. The van der Waals surface area contributed by atoms with E-state index in [1.54, 1.807) is 12.2 Å². The summed E-state index contributed by atoms with van der Waals surface area (Å²) in [4.78, 5) is 27.7. The number of carbonyl (C=O) groups is 2. The number of carbonyl (C=O) groups excluding carboxylic acids is 2. The fraction of sp³-hybridized carbons (Fsp3) is 0.118. The summed E-state index contributed by atoms with van der Waals surface area (Å²) in [6, 6.07) is 11.0. The van der Waals surface area contributed by atoms with Crippen molar-refractivity contribution in [1.29, 1.82) is 0 Å². The first kappa shape index (κ1) is 15.4. The van der Waals surface area contributed by atoms with Crippen LogP contribution >= 0.6 is 0 Å². The van der Waals surface area contributed by atoms with Crippen LogP contribution in [-0.4, -0.2) is 31.1 Å². The highest BCUT2D eigenvalue weighted by atomic mass is 16.5. The van der Waals surface area contributed by atoms with Crippen LogP contribution in [0.3, 0.4) is 0 Å². The van der Waals surface area contributed by atoms with Gasteiger partial charge in [-0.1, -0.05) is 42.5 Å². The van der Waals surface area contributed by atoms with Crippen LogP contribution in [0.1, 0.15) is 32.0 Å². The Morgan fingerprint density at radius 3 is 2.27 bits per heavy atom. The smallest absolute Gasteiger partial charge is 0.357 e. The maximum absolute atomic E-state index is 11.9. The lowest BCUT2D eigenvalue weighted by Crippen LogP contribution is -2.12. The summed E-state index contributed by atoms with van der Waals surface area (Å²) >= 11 is 0. The topological polar surface area (TPSA) is 65.5 Å². The molecule has 22 heavy (non-hydrogen) atoms. The standard InChI is InChI=1S/C17H15NO4/c1-21-16(19)14-10-11-18-15(17(20)22-2)13(14)9-8-12-6-4-3-5-7-12/h3-11H,1-2H3. The Morgan fingerprint density at radius 1 is 0.955 bits per heavy atom. The molecule has 0 aliphatic heterocycles. The summed E-state index contributed by atoms with van der Waals surface area (Å²) in [5.41, 5.74) is 1.62.